The summed E-state index contributed by atoms with van der Waals surface area (Å²) in [5, 5.41) is -0.120. The molecule has 88 valence electrons. The Morgan fingerprint density at radius 3 is 2.53 bits per heavy atom. The molecule has 0 spiro atoms. The zero-order valence-electron chi connectivity index (χ0n) is 8.91. The molecule has 0 aliphatic carbocycles. The minimum Gasteiger partial charge on any atom is -0.265 e. The molecule has 1 aromatic carbocycles. The number of aromatic nitrogens is 1. The standard InChI is InChI=1S/C13H10Cl2FN/c14-10-2-1-3-12(16)13(10)11(15)8-9-4-6-17-7-5-9/h1-7,11H,8H2. The Morgan fingerprint density at radius 1 is 1.18 bits per heavy atom. The first-order chi connectivity index (χ1) is 8.18. The lowest BCUT2D eigenvalue weighted by Gasteiger charge is -2.12. The highest BCUT2D eigenvalue weighted by Crippen LogP contribution is 2.32. The number of pyridine rings is 1. The lowest BCUT2D eigenvalue weighted by Crippen LogP contribution is -2.00. The van der Waals surface area contributed by atoms with Crippen molar-refractivity contribution in [3.63, 3.8) is 0 Å². The molecule has 2 rings (SSSR count). The molecule has 0 radical (unpaired) electrons. The average Bonchev–Trinajstić information content (AvgIpc) is 2.30. The molecule has 0 aliphatic rings. The molecule has 0 saturated heterocycles. The molecule has 0 aliphatic heterocycles. The van der Waals surface area contributed by atoms with Crippen molar-refractivity contribution in [3.8, 4) is 0 Å². The smallest absolute Gasteiger partial charge is 0.129 e. The second-order valence-corrected chi connectivity index (χ2v) is 4.60. The number of alkyl halides is 1. The first-order valence-corrected chi connectivity index (χ1v) is 5.97. The molecule has 4 heteroatoms. The molecule has 1 atom stereocenters. The van der Waals surface area contributed by atoms with Gasteiger partial charge in [-0.05, 0) is 36.2 Å². The van der Waals surface area contributed by atoms with Crippen LogP contribution in [-0.4, -0.2) is 4.98 Å². The Hall–Kier alpha value is -1.12. The van der Waals surface area contributed by atoms with E-state index in [9.17, 15) is 4.39 Å². The van der Waals surface area contributed by atoms with E-state index in [2.05, 4.69) is 4.98 Å². The van der Waals surface area contributed by atoms with Gasteiger partial charge in [-0.2, -0.15) is 0 Å². The number of hydrogen-bond acceptors (Lipinski definition) is 1. The van der Waals surface area contributed by atoms with Crippen LogP contribution in [0.2, 0.25) is 5.02 Å². The van der Waals surface area contributed by atoms with E-state index in [-0.39, 0.29) is 5.82 Å². The fraction of sp³-hybridized carbons (Fsp3) is 0.154. The molecule has 2 aromatic rings. The fourth-order valence-corrected chi connectivity index (χ4v) is 2.39. The van der Waals surface area contributed by atoms with E-state index >= 15 is 0 Å². The fourth-order valence-electron chi connectivity index (χ4n) is 1.64. The van der Waals surface area contributed by atoms with Crippen LogP contribution in [0.5, 0.6) is 0 Å². The van der Waals surface area contributed by atoms with Crippen molar-refractivity contribution in [2.24, 2.45) is 0 Å². The molecular weight excluding hydrogens is 260 g/mol. The van der Waals surface area contributed by atoms with E-state index < -0.39 is 5.38 Å². The average molecular weight is 270 g/mol. The number of nitrogens with zero attached hydrogens (tertiary/aromatic N) is 1. The van der Waals surface area contributed by atoms with Crippen molar-refractivity contribution < 1.29 is 4.39 Å². The maximum atomic E-state index is 13.6. The third-order valence-corrected chi connectivity index (χ3v) is 3.18. The van der Waals surface area contributed by atoms with Crippen LogP contribution in [0.25, 0.3) is 0 Å². The molecule has 0 N–H and O–H groups in total. The van der Waals surface area contributed by atoms with Crippen LogP contribution in [0.3, 0.4) is 0 Å². The van der Waals surface area contributed by atoms with Gasteiger partial charge in [0.2, 0.25) is 0 Å². The quantitative estimate of drug-likeness (QED) is 0.753. The molecule has 0 bridgehead atoms. The molecule has 1 nitrogen and oxygen atoms in total. The second kappa shape index (κ2) is 5.48. The van der Waals surface area contributed by atoms with Crippen molar-refractivity contribution in [3.05, 3.63) is 64.7 Å². The highest BCUT2D eigenvalue weighted by molar-refractivity contribution is 6.32. The summed E-state index contributed by atoms with van der Waals surface area (Å²) in [5.74, 6) is -0.369. The Balaban J connectivity index is 2.23. The monoisotopic (exact) mass is 269 g/mol. The van der Waals surface area contributed by atoms with Gasteiger partial charge >= 0.3 is 0 Å². The summed E-state index contributed by atoms with van der Waals surface area (Å²) in [5.41, 5.74) is 1.35. The summed E-state index contributed by atoms with van der Waals surface area (Å²) in [6.07, 6.45) is 3.88. The highest BCUT2D eigenvalue weighted by atomic mass is 35.5. The van der Waals surface area contributed by atoms with Gasteiger partial charge in [-0.25, -0.2) is 4.39 Å². The van der Waals surface area contributed by atoms with Gasteiger partial charge in [0.1, 0.15) is 5.82 Å². The largest absolute Gasteiger partial charge is 0.265 e. The van der Waals surface area contributed by atoms with Crippen LogP contribution in [0.15, 0.2) is 42.7 Å². The molecule has 1 unspecified atom stereocenters. The van der Waals surface area contributed by atoms with Gasteiger partial charge in [0.05, 0.1) is 5.38 Å². The summed E-state index contributed by atoms with van der Waals surface area (Å²) in [6, 6.07) is 8.27. The van der Waals surface area contributed by atoms with Gasteiger partial charge in [-0.1, -0.05) is 17.7 Å². The van der Waals surface area contributed by atoms with Gasteiger partial charge in [0, 0.05) is 23.0 Å². The van der Waals surface area contributed by atoms with Crippen molar-refractivity contribution in [1.29, 1.82) is 0 Å². The van der Waals surface area contributed by atoms with E-state index in [1.807, 2.05) is 12.1 Å². The molecule has 0 saturated carbocycles. The third-order valence-electron chi connectivity index (χ3n) is 2.48. The van der Waals surface area contributed by atoms with Gasteiger partial charge in [0.25, 0.3) is 0 Å². The predicted molar refractivity (Wildman–Crippen MR) is 67.9 cm³/mol. The zero-order chi connectivity index (χ0) is 12.3. The van der Waals surface area contributed by atoms with Crippen LogP contribution in [0.4, 0.5) is 4.39 Å². The van der Waals surface area contributed by atoms with Gasteiger partial charge < -0.3 is 0 Å². The van der Waals surface area contributed by atoms with Gasteiger partial charge in [-0.3, -0.25) is 4.98 Å². The highest BCUT2D eigenvalue weighted by Gasteiger charge is 2.16. The third kappa shape index (κ3) is 2.96. The summed E-state index contributed by atoms with van der Waals surface area (Å²) in [4.78, 5) is 3.92. The van der Waals surface area contributed by atoms with Crippen molar-refractivity contribution in [2.75, 3.05) is 0 Å². The summed E-state index contributed by atoms with van der Waals surface area (Å²) < 4.78 is 13.6. The van der Waals surface area contributed by atoms with E-state index in [0.29, 0.717) is 17.0 Å². The van der Waals surface area contributed by atoms with Crippen molar-refractivity contribution in [1.82, 2.24) is 4.98 Å². The summed E-state index contributed by atoms with van der Waals surface area (Å²) >= 11 is 12.2. The maximum absolute atomic E-state index is 13.6. The number of halogens is 3. The van der Waals surface area contributed by atoms with Crippen LogP contribution in [0.1, 0.15) is 16.5 Å². The summed E-state index contributed by atoms with van der Waals surface area (Å²) in [7, 11) is 0. The normalized spacial score (nSPS) is 12.4. The molecule has 17 heavy (non-hydrogen) atoms. The Labute approximate surface area is 109 Å². The number of benzene rings is 1. The lowest BCUT2D eigenvalue weighted by atomic mass is 10.0. The molecule has 1 aromatic heterocycles. The molecule has 0 amide bonds. The summed E-state index contributed by atoms with van der Waals surface area (Å²) in [6.45, 7) is 0. The first-order valence-electron chi connectivity index (χ1n) is 5.15. The van der Waals surface area contributed by atoms with E-state index in [4.69, 9.17) is 23.2 Å². The lowest BCUT2D eigenvalue weighted by molar-refractivity contribution is 0.606. The Morgan fingerprint density at radius 2 is 1.88 bits per heavy atom. The van der Waals surface area contributed by atoms with Crippen molar-refractivity contribution in [2.45, 2.75) is 11.8 Å². The van der Waals surface area contributed by atoms with Crippen LogP contribution in [-0.2, 0) is 6.42 Å². The minimum absolute atomic E-state index is 0.354. The van der Waals surface area contributed by atoms with Crippen LogP contribution in [0, 0.1) is 5.82 Å². The van der Waals surface area contributed by atoms with E-state index in [1.165, 1.54) is 6.07 Å². The molecular formula is C13H10Cl2FN. The van der Waals surface area contributed by atoms with Crippen LogP contribution < -0.4 is 0 Å². The van der Waals surface area contributed by atoms with Crippen molar-refractivity contribution >= 4 is 23.2 Å². The first kappa shape index (κ1) is 12.3. The maximum Gasteiger partial charge on any atom is 0.129 e. The molecule has 1 heterocycles. The Bertz CT molecular complexity index is 482. The second-order valence-electron chi connectivity index (χ2n) is 3.66. The number of rotatable bonds is 3. The zero-order valence-corrected chi connectivity index (χ0v) is 10.4. The SMILES string of the molecule is Fc1cccc(Cl)c1C(Cl)Cc1ccncc1. The number of hydrogen-bond donors (Lipinski definition) is 0. The van der Waals surface area contributed by atoms with E-state index in [1.54, 1.807) is 24.5 Å². The van der Waals surface area contributed by atoms with E-state index in [0.717, 1.165) is 5.56 Å². The van der Waals surface area contributed by atoms with Crippen LogP contribution >= 0.6 is 23.2 Å². The predicted octanol–water partition coefficient (Wildman–Crippen LogP) is 4.40. The minimum atomic E-state index is -0.480. The van der Waals surface area contributed by atoms with Gasteiger partial charge in [0.15, 0.2) is 0 Å². The topological polar surface area (TPSA) is 12.9 Å². The Kier molecular flexibility index (Phi) is 3.97. The van der Waals surface area contributed by atoms with Gasteiger partial charge in [-0.15, -0.1) is 11.6 Å². The molecule has 0 fully saturated rings.